The first-order valence-electron chi connectivity index (χ1n) is 6.05. The Labute approximate surface area is 117 Å². The number of aliphatic hydroxyl groups excluding tert-OH is 1. The molecule has 0 radical (unpaired) electrons. The number of sulfonamides is 1. The summed E-state index contributed by atoms with van der Waals surface area (Å²) in [6.07, 6.45) is 1.39. The molecule has 1 aromatic rings. The maximum Gasteiger partial charge on any atom is 0.286 e. The van der Waals surface area contributed by atoms with Crippen LogP contribution in [0.1, 0.15) is 18.9 Å². The van der Waals surface area contributed by atoms with Gasteiger partial charge in [0.2, 0.25) is 0 Å². The molecule has 2 rings (SSSR count). The van der Waals surface area contributed by atoms with Crippen molar-refractivity contribution in [2.75, 3.05) is 17.7 Å². The van der Waals surface area contributed by atoms with Crippen LogP contribution in [0.5, 0.6) is 0 Å². The third-order valence-electron chi connectivity index (χ3n) is 2.72. The predicted molar refractivity (Wildman–Crippen MR) is 78.2 cm³/mol. The van der Waals surface area contributed by atoms with Gasteiger partial charge in [-0.1, -0.05) is 24.8 Å². The minimum absolute atomic E-state index is 0.0868. The van der Waals surface area contributed by atoms with Crippen LogP contribution in [0.15, 0.2) is 27.5 Å². The summed E-state index contributed by atoms with van der Waals surface area (Å²) in [6.45, 7) is 2.06. The van der Waals surface area contributed by atoms with Crippen LogP contribution in [0, 0.1) is 0 Å². The van der Waals surface area contributed by atoms with Crippen LogP contribution < -0.4 is 5.32 Å². The molecular weight excluding hydrogens is 284 g/mol. The van der Waals surface area contributed by atoms with E-state index in [-0.39, 0.29) is 11.5 Å². The topological polar surface area (TPSA) is 78.8 Å². The van der Waals surface area contributed by atoms with E-state index in [1.54, 1.807) is 12.1 Å². The van der Waals surface area contributed by atoms with Crippen molar-refractivity contribution < 1.29 is 13.5 Å². The number of aryl methyl sites for hydroxylation is 1. The lowest BCUT2D eigenvalue weighted by Gasteiger charge is -2.18. The summed E-state index contributed by atoms with van der Waals surface area (Å²) in [7, 11) is -3.62. The molecule has 0 bridgehead atoms. The third-order valence-corrected chi connectivity index (χ3v) is 5.11. The number of hydrogen-bond donors (Lipinski definition) is 2. The normalized spacial score (nSPS) is 16.4. The van der Waals surface area contributed by atoms with Crippen molar-refractivity contribution in [1.29, 1.82) is 0 Å². The minimum atomic E-state index is -3.62. The number of thioether (sulfide) groups is 1. The summed E-state index contributed by atoms with van der Waals surface area (Å²) in [5.74, 6) is 0.625. The van der Waals surface area contributed by atoms with E-state index in [4.69, 9.17) is 5.11 Å². The molecule has 0 saturated heterocycles. The second-order valence-corrected chi connectivity index (χ2v) is 6.76. The van der Waals surface area contributed by atoms with Gasteiger partial charge in [-0.25, -0.2) is 0 Å². The number of nitrogens with zero attached hydrogens (tertiary/aromatic N) is 1. The molecule has 0 fully saturated rings. The maximum absolute atomic E-state index is 12.1. The summed E-state index contributed by atoms with van der Waals surface area (Å²) in [5.41, 5.74) is 1.54. The molecule has 2 N–H and O–H groups in total. The zero-order chi connectivity index (χ0) is 13.9. The maximum atomic E-state index is 12.1. The molecule has 1 aromatic carbocycles. The number of benzene rings is 1. The second-order valence-electron chi connectivity index (χ2n) is 4.11. The van der Waals surface area contributed by atoms with Gasteiger partial charge in [-0.2, -0.15) is 8.42 Å². The lowest BCUT2D eigenvalue weighted by molar-refractivity contribution is 0.296. The highest BCUT2D eigenvalue weighted by Gasteiger charge is 2.25. The van der Waals surface area contributed by atoms with Crippen molar-refractivity contribution in [3.05, 3.63) is 23.8 Å². The molecule has 0 spiro atoms. The Hall–Kier alpha value is -1.05. The van der Waals surface area contributed by atoms with Gasteiger partial charge >= 0.3 is 0 Å². The zero-order valence-corrected chi connectivity index (χ0v) is 12.2. The first-order chi connectivity index (χ1) is 9.06. The fourth-order valence-corrected chi connectivity index (χ4v) is 3.91. The minimum Gasteiger partial charge on any atom is -0.396 e. The van der Waals surface area contributed by atoms with E-state index in [0.717, 1.165) is 12.0 Å². The predicted octanol–water partition coefficient (Wildman–Crippen LogP) is 1.83. The van der Waals surface area contributed by atoms with E-state index in [2.05, 4.69) is 9.71 Å². The van der Waals surface area contributed by atoms with Gasteiger partial charge < -0.3 is 10.4 Å². The highest BCUT2D eigenvalue weighted by molar-refractivity contribution is 8.14. The Balaban J connectivity index is 2.27. The molecule has 5 nitrogen and oxygen atoms in total. The quantitative estimate of drug-likeness (QED) is 0.829. The van der Waals surface area contributed by atoms with Crippen molar-refractivity contribution >= 4 is 32.6 Å². The molecule has 19 heavy (non-hydrogen) atoms. The number of fused-ring (bicyclic) bond motifs is 1. The summed E-state index contributed by atoms with van der Waals surface area (Å²) in [6, 6.07) is 5.34. The number of aliphatic hydroxyl groups is 1. The number of amidine groups is 1. The highest BCUT2D eigenvalue weighted by atomic mass is 32.2. The van der Waals surface area contributed by atoms with Crippen molar-refractivity contribution in [1.82, 2.24) is 0 Å². The summed E-state index contributed by atoms with van der Waals surface area (Å²) in [4.78, 5) is 0.235. The largest absolute Gasteiger partial charge is 0.396 e. The lowest BCUT2D eigenvalue weighted by atomic mass is 10.1. The van der Waals surface area contributed by atoms with E-state index < -0.39 is 10.0 Å². The Kier molecular flexibility index (Phi) is 4.49. The standard InChI is InChI=1S/C12H16N2O3S2/c1-2-9-4-5-10-11(8-9)19(16,17)14-12(13-10)18-7-3-6-15/h4-5,8,15H,2-3,6-7H2,1H3,(H,13,14). The molecule has 0 saturated carbocycles. The fraction of sp³-hybridized carbons (Fsp3) is 0.417. The van der Waals surface area contributed by atoms with Crippen LogP contribution in [-0.2, 0) is 16.4 Å². The van der Waals surface area contributed by atoms with E-state index in [0.29, 0.717) is 23.0 Å². The van der Waals surface area contributed by atoms with E-state index in [1.807, 2.05) is 13.0 Å². The Morgan fingerprint density at radius 2 is 2.21 bits per heavy atom. The number of rotatable bonds is 4. The van der Waals surface area contributed by atoms with Crippen molar-refractivity contribution in [3.8, 4) is 0 Å². The Morgan fingerprint density at radius 3 is 2.89 bits per heavy atom. The Bertz CT molecular complexity index is 597. The molecule has 0 aromatic heterocycles. The number of anilines is 1. The van der Waals surface area contributed by atoms with Crippen LogP contribution in [0.2, 0.25) is 0 Å². The number of nitrogens with one attached hydrogen (secondary N) is 1. The van der Waals surface area contributed by atoms with Gasteiger partial charge in [0.05, 0.1) is 5.69 Å². The first-order valence-corrected chi connectivity index (χ1v) is 8.48. The van der Waals surface area contributed by atoms with Gasteiger partial charge in [0.1, 0.15) is 4.90 Å². The van der Waals surface area contributed by atoms with Crippen molar-refractivity contribution in [2.24, 2.45) is 4.40 Å². The average molecular weight is 300 g/mol. The zero-order valence-electron chi connectivity index (χ0n) is 10.6. The SMILES string of the molecule is CCc1ccc2c(c1)S(=O)(=O)N=C(SCCCO)N2. The monoisotopic (exact) mass is 300 g/mol. The molecule has 104 valence electrons. The Morgan fingerprint density at radius 1 is 1.42 bits per heavy atom. The molecule has 7 heteroatoms. The van der Waals surface area contributed by atoms with Crippen LogP contribution >= 0.6 is 11.8 Å². The summed E-state index contributed by atoms with van der Waals surface area (Å²) in [5, 5.41) is 12.1. The smallest absolute Gasteiger partial charge is 0.286 e. The molecule has 1 heterocycles. The van der Waals surface area contributed by atoms with Crippen LogP contribution in [0.3, 0.4) is 0 Å². The molecule has 1 aliphatic rings. The highest BCUT2D eigenvalue weighted by Crippen LogP contribution is 2.30. The molecule has 0 unspecified atom stereocenters. The van der Waals surface area contributed by atoms with Gasteiger partial charge in [-0.15, -0.1) is 4.40 Å². The molecule has 0 atom stereocenters. The number of hydrogen-bond acceptors (Lipinski definition) is 5. The molecule has 0 aliphatic carbocycles. The van der Waals surface area contributed by atoms with Crippen LogP contribution in [0.25, 0.3) is 0 Å². The first kappa shape index (κ1) is 14.4. The third kappa shape index (κ3) is 3.29. The lowest BCUT2D eigenvalue weighted by Crippen LogP contribution is -2.19. The molecule has 0 amide bonds. The van der Waals surface area contributed by atoms with Gasteiger partial charge in [0.25, 0.3) is 10.0 Å². The second kappa shape index (κ2) is 5.94. The van der Waals surface area contributed by atoms with Crippen LogP contribution in [0.4, 0.5) is 5.69 Å². The summed E-state index contributed by atoms with van der Waals surface area (Å²) < 4.78 is 27.9. The van der Waals surface area contributed by atoms with Crippen molar-refractivity contribution in [3.63, 3.8) is 0 Å². The van der Waals surface area contributed by atoms with Crippen LogP contribution in [-0.4, -0.2) is 31.1 Å². The van der Waals surface area contributed by atoms with Gasteiger partial charge in [0, 0.05) is 12.4 Å². The van der Waals surface area contributed by atoms with E-state index in [9.17, 15) is 8.42 Å². The average Bonchev–Trinajstić information content (AvgIpc) is 2.38. The van der Waals surface area contributed by atoms with E-state index >= 15 is 0 Å². The van der Waals surface area contributed by atoms with Gasteiger partial charge in [0.15, 0.2) is 5.17 Å². The summed E-state index contributed by atoms with van der Waals surface area (Å²) >= 11 is 1.30. The van der Waals surface area contributed by atoms with Gasteiger partial charge in [-0.05, 0) is 30.5 Å². The molecular formula is C12H16N2O3S2. The van der Waals surface area contributed by atoms with Gasteiger partial charge in [-0.3, -0.25) is 0 Å². The van der Waals surface area contributed by atoms with E-state index in [1.165, 1.54) is 11.8 Å². The molecule has 1 aliphatic heterocycles. The van der Waals surface area contributed by atoms with Crippen molar-refractivity contribution in [2.45, 2.75) is 24.7 Å². The fourth-order valence-electron chi connectivity index (χ4n) is 1.70.